The molecule has 1 fully saturated rings. The molecule has 0 bridgehead atoms. The molecular weight excluding hydrogens is 632 g/mol. The number of hydrogen-bond acceptors (Lipinski definition) is 8. The number of nitrogens with one attached hydrogen (secondary N) is 6. The molecule has 0 aliphatic carbocycles. The smallest absolute Gasteiger partial charge is 0.245 e. The number of para-hydroxylation sites is 1. The third kappa shape index (κ3) is 11.0. The molecule has 0 spiro atoms. The van der Waals surface area contributed by atoms with E-state index in [1.807, 2.05) is 37.5 Å². The quantitative estimate of drug-likeness (QED) is 0.0508. The van der Waals surface area contributed by atoms with Crippen molar-refractivity contribution in [2.45, 2.75) is 95.4 Å². The zero-order valence-electron chi connectivity index (χ0n) is 28.1. The molecule has 3 rings (SSSR count). The number of amides is 5. The minimum absolute atomic E-state index is 0.0737. The summed E-state index contributed by atoms with van der Waals surface area (Å²) in [5.74, 6) is -3.73. The van der Waals surface area contributed by atoms with Crippen molar-refractivity contribution in [3.8, 4) is 0 Å². The predicted molar refractivity (Wildman–Crippen MR) is 183 cm³/mol. The van der Waals surface area contributed by atoms with Crippen molar-refractivity contribution in [1.82, 2.24) is 31.2 Å². The van der Waals surface area contributed by atoms with Crippen molar-refractivity contribution in [3.63, 3.8) is 0 Å². The van der Waals surface area contributed by atoms with E-state index < -0.39 is 59.7 Å². The van der Waals surface area contributed by atoms with Gasteiger partial charge in [-0.05, 0) is 56.1 Å². The van der Waals surface area contributed by atoms with Crippen LogP contribution in [0.5, 0.6) is 0 Å². The predicted octanol–water partition coefficient (Wildman–Crippen LogP) is -0.832. The van der Waals surface area contributed by atoms with Crippen LogP contribution in [0.3, 0.4) is 0 Å². The number of carbonyl (C=O) groups is 5. The first-order chi connectivity index (χ1) is 23.4. The first-order valence-electron chi connectivity index (χ1n) is 16.6. The fourth-order valence-corrected chi connectivity index (χ4v) is 5.82. The summed E-state index contributed by atoms with van der Waals surface area (Å²) in [6.45, 7) is 4.16. The molecule has 12 N–H and O–H groups in total. The SMILES string of the molecule is CC[C@H](C)[C@H](NC(=O)[C@@H](N)Cc1c[nH]c2ccccc12)C(=O)N[C@@H](CCCNC(=N)N)C(=O)N[C@@H](CCC(N)=O)C(=O)N1CCC[C@H]1[C]=O. The Morgan fingerprint density at radius 3 is 2.43 bits per heavy atom. The van der Waals surface area contributed by atoms with E-state index in [-0.39, 0.29) is 50.7 Å². The van der Waals surface area contributed by atoms with E-state index in [9.17, 15) is 28.8 Å². The average molecular weight is 682 g/mol. The molecule has 16 heteroatoms. The molecule has 2 aromatic rings. The molecule has 1 aliphatic heterocycles. The van der Waals surface area contributed by atoms with Crippen LogP contribution in [0.4, 0.5) is 0 Å². The Kier molecular flexibility index (Phi) is 14.5. The van der Waals surface area contributed by atoms with Crippen LogP contribution in [0.15, 0.2) is 30.5 Å². The van der Waals surface area contributed by atoms with Gasteiger partial charge >= 0.3 is 0 Å². The van der Waals surface area contributed by atoms with Crippen molar-refractivity contribution in [3.05, 3.63) is 36.0 Å². The summed E-state index contributed by atoms with van der Waals surface area (Å²) >= 11 is 0. The molecule has 49 heavy (non-hydrogen) atoms. The van der Waals surface area contributed by atoms with Gasteiger partial charge in [-0.3, -0.25) is 34.2 Å². The zero-order valence-corrected chi connectivity index (χ0v) is 28.1. The van der Waals surface area contributed by atoms with Gasteiger partial charge in [0.05, 0.1) is 12.1 Å². The monoisotopic (exact) mass is 681 g/mol. The lowest BCUT2D eigenvalue weighted by molar-refractivity contribution is -0.138. The van der Waals surface area contributed by atoms with Gasteiger partial charge in [0.25, 0.3) is 0 Å². The van der Waals surface area contributed by atoms with Crippen LogP contribution in [0.1, 0.15) is 64.4 Å². The van der Waals surface area contributed by atoms with Gasteiger partial charge in [-0.15, -0.1) is 0 Å². The standard InChI is InChI=1S/C33H49N10O6/c1-3-19(2)28(42-29(46)23(34)16-20-17-39-24-10-5-4-9-22(20)24)31(48)40-25(11-6-14-38-33(36)37)30(47)41-26(12-13-27(35)45)32(49)43-15-7-8-21(43)18-44/h4-5,9-10,17,19,21,23,25-26,28,39H,3,6-8,11-16,34H2,1-2H3,(H2,35,45)(H,40,48)(H,41,47)(H,42,46)(H4,36,37,38)/t19-,21-,23-,25-,26-,28-/m0/s1. The lowest BCUT2D eigenvalue weighted by Gasteiger charge is -2.30. The highest BCUT2D eigenvalue weighted by Gasteiger charge is 2.36. The second kappa shape index (κ2) is 18.5. The van der Waals surface area contributed by atoms with Crippen molar-refractivity contribution in [1.29, 1.82) is 5.41 Å². The van der Waals surface area contributed by atoms with E-state index in [2.05, 4.69) is 26.3 Å². The summed E-state index contributed by atoms with van der Waals surface area (Å²) < 4.78 is 0. The second-order valence-corrected chi connectivity index (χ2v) is 12.5. The van der Waals surface area contributed by atoms with E-state index in [1.54, 1.807) is 13.1 Å². The maximum Gasteiger partial charge on any atom is 0.245 e. The number of carbonyl (C=O) groups excluding carboxylic acids is 6. The number of aromatic amines is 1. The molecule has 267 valence electrons. The van der Waals surface area contributed by atoms with Crippen LogP contribution in [-0.4, -0.2) is 95.0 Å². The van der Waals surface area contributed by atoms with Gasteiger partial charge in [0.2, 0.25) is 35.8 Å². The van der Waals surface area contributed by atoms with E-state index in [0.717, 1.165) is 16.5 Å². The van der Waals surface area contributed by atoms with Crippen molar-refractivity contribution >= 4 is 52.7 Å². The molecule has 1 aliphatic rings. The summed E-state index contributed by atoms with van der Waals surface area (Å²) in [4.78, 5) is 81.8. The molecule has 1 saturated heterocycles. The van der Waals surface area contributed by atoms with Gasteiger partial charge in [-0.25, -0.2) is 0 Å². The zero-order chi connectivity index (χ0) is 36.1. The van der Waals surface area contributed by atoms with E-state index in [1.165, 1.54) is 4.90 Å². The first-order valence-corrected chi connectivity index (χ1v) is 16.6. The number of fused-ring (bicyclic) bond motifs is 1. The molecule has 2 heterocycles. The minimum Gasteiger partial charge on any atom is -0.370 e. The fraction of sp³-hybridized carbons (Fsp3) is 0.545. The summed E-state index contributed by atoms with van der Waals surface area (Å²) in [5.41, 5.74) is 18.8. The number of nitrogens with zero attached hydrogens (tertiary/aromatic N) is 1. The summed E-state index contributed by atoms with van der Waals surface area (Å²) in [6.07, 6.45) is 5.44. The highest BCUT2D eigenvalue weighted by Crippen LogP contribution is 2.20. The molecular formula is C33H49N10O6. The summed E-state index contributed by atoms with van der Waals surface area (Å²) in [5, 5.41) is 19.1. The molecule has 5 amide bonds. The van der Waals surface area contributed by atoms with Crippen LogP contribution >= 0.6 is 0 Å². The maximum atomic E-state index is 13.8. The number of H-pyrrole nitrogens is 1. The third-order valence-corrected chi connectivity index (χ3v) is 8.83. The number of likely N-dealkylation sites (tertiary alicyclic amines) is 1. The van der Waals surface area contributed by atoms with Crippen molar-refractivity contribution in [2.75, 3.05) is 13.1 Å². The first kappa shape index (κ1) is 38.5. The normalized spacial score (nSPS) is 17.3. The molecule has 1 aromatic heterocycles. The maximum absolute atomic E-state index is 13.8. The minimum atomic E-state index is -1.20. The van der Waals surface area contributed by atoms with Crippen molar-refractivity contribution in [2.24, 2.45) is 23.1 Å². The highest BCUT2D eigenvalue weighted by molar-refractivity contribution is 5.96. The lowest BCUT2D eigenvalue weighted by Crippen LogP contribution is -2.59. The lowest BCUT2D eigenvalue weighted by atomic mass is 9.96. The van der Waals surface area contributed by atoms with Gasteiger partial charge < -0.3 is 48.4 Å². The Labute approximate surface area is 285 Å². The van der Waals surface area contributed by atoms with Crippen molar-refractivity contribution < 1.29 is 28.8 Å². The number of nitrogens with two attached hydrogens (primary N) is 3. The number of rotatable bonds is 19. The summed E-state index contributed by atoms with van der Waals surface area (Å²) in [6, 6.07) is 2.47. The molecule has 6 atom stereocenters. The molecule has 1 radical (unpaired) electrons. The highest BCUT2D eigenvalue weighted by atomic mass is 16.2. The Morgan fingerprint density at radius 2 is 1.76 bits per heavy atom. The van der Waals surface area contributed by atoms with Gasteiger partial charge in [-0.2, -0.15) is 0 Å². The van der Waals surface area contributed by atoms with Gasteiger partial charge in [-0.1, -0.05) is 38.5 Å². The fourth-order valence-electron chi connectivity index (χ4n) is 5.82. The third-order valence-electron chi connectivity index (χ3n) is 8.83. The summed E-state index contributed by atoms with van der Waals surface area (Å²) in [7, 11) is 0. The molecule has 16 nitrogen and oxygen atoms in total. The Balaban J connectivity index is 1.77. The molecule has 1 aromatic carbocycles. The number of hydrogen-bond donors (Lipinski definition) is 9. The largest absolute Gasteiger partial charge is 0.370 e. The van der Waals surface area contributed by atoms with Gasteiger partial charge in [0, 0.05) is 36.6 Å². The number of primary amides is 1. The van der Waals surface area contributed by atoms with E-state index in [0.29, 0.717) is 25.7 Å². The second-order valence-electron chi connectivity index (χ2n) is 12.5. The van der Waals surface area contributed by atoms with Crippen LogP contribution in [0.25, 0.3) is 10.9 Å². The van der Waals surface area contributed by atoms with E-state index in [4.69, 9.17) is 22.6 Å². The number of aromatic nitrogens is 1. The van der Waals surface area contributed by atoms with Crippen LogP contribution < -0.4 is 38.5 Å². The Bertz CT molecular complexity index is 1500. The van der Waals surface area contributed by atoms with Crippen LogP contribution in [-0.2, 0) is 35.2 Å². The molecule has 0 saturated carbocycles. The van der Waals surface area contributed by atoms with Gasteiger partial charge in [0.15, 0.2) is 5.96 Å². The Morgan fingerprint density at radius 1 is 1.04 bits per heavy atom. The molecule has 0 unspecified atom stereocenters. The van der Waals surface area contributed by atoms with E-state index >= 15 is 0 Å². The van der Waals surface area contributed by atoms with Gasteiger partial charge in [0.1, 0.15) is 18.1 Å². The van der Waals surface area contributed by atoms with Crippen LogP contribution in [0, 0.1) is 11.3 Å². The van der Waals surface area contributed by atoms with Crippen LogP contribution in [0.2, 0.25) is 0 Å². The topological polar surface area (TPSA) is 271 Å². The number of guanidine groups is 1. The Hall–Kier alpha value is -4.99. The average Bonchev–Trinajstić information content (AvgIpc) is 3.73. The number of benzene rings is 1.